The van der Waals surface area contributed by atoms with Gasteiger partial charge < -0.3 is 9.80 Å². The molecule has 1 N–H and O–H groups in total. The Morgan fingerprint density at radius 1 is 0.935 bits per heavy atom. The lowest BCUT2D eigenvalue weighted by atomic mass is 9.95. The van der Waals surface area contributed by atoms with Gasteiger partial charge in [0.1, 0.15) is 0 Å². The molecule has 2 saturated heterocycles. The summed E-state index contributed by atoms with van der Waals surface area (Å²) in [5.41, 5.74) is 0. The third-order valence-electron chi connectivity index (χ3n) is 6.28. The number of piperidine rings is 1. The molecule has 0 aromatic heterocycles. The maximum absolute atomic E-state index is 13.1. The standard InChI is InChI=1S/C22H27ClN4O3S/c1-16(24)25-8-6-17(7-9-25)22(28)26-10-12-27(13-11-26)31(29,30)21-5-3-18-14-20(23)4-2-19(18)15-21/h2-5,14-15,17,24H,6-13H2,1H3. The number of nitrogens with one attached hydrogen (secondary N) is 1. The molecule has 0 unspecified atom stereocenters. The van der Waals surface area contributed by atoms with Gasteiger partial charge in [-0.15, -0.1) is 0 Å². The Bertz CT molecular complexity index is 1100. The quantitative estimate of drug-likeness (QED) is 0.561. The first-order valence-electron chi connectivity index (χ1n) is 10.5. The van der Waals surface area contributed by atoms with Crippen molar-refractivity contribution in [3.8, 4) is 0 Å². The second-order valence-electron chi connectivity index (χ2n) is 8.23. The summed E-state index contributed by atoms with van der Waals surface area (Å²) in [6.45, 7) is 4.64. The number of likely N-dealkylation sites (tertiary alicyclic amines) is 1. The highest BCUT2D eigenvalue weighted by molar-refractivity contribution is 7.89. The number of hydrogen-bond acceptors (Lipinski definition) is 4. The number of amides is 1. The Kier molecular flexibility index (Phi) is 6.23. The van der Waals surface area contributed by atoms with Crippen molar-refractivity contribution < 1.29 is 13.2 Å². The van der Waals surface area contributed by atoms with Crippen molar-refractivity contribution in [1.82, 2.24) is 14.1 Å². The maximum Gasteiger partial charge on any atom is 0.243 e. The largest absolute Gasteiger partial charge is 0.361 e. The van der Waals surface area contributed by atoms with Crippen LogP contribution in [0, 0.1) is 11.3 Å². The second kappa shape index (κ2) is 8.76. The van der Waals surface area contributed by atoms with Gasteiger partial charge in [0.25, 0.3) is 0 Å². The number of carbonyl (C=O) groups is 1. The van der Waals surface area contributed by atoms with E-state index in [-0.39, 0.29) is 16.7 Å². The molecule has 0 saturated carbocycles. The second-order valence-corrected chi connectivity index (χ2v) is 10.6. The zero-order valence-electron chi connectivity index (χ0n) is 17.6. The number of sulfonamides is 1. The molecule has 2 aliphatic rings. The highest BCUT2D eigenvalue weighted by Crippen LogP contribution is 2.26. The van der Waals surface area contributed by atoms with Crippen molar-refractivity contribution in [2.24, 2.45) is 5.92 Å². The van der Waals surface area contributed by atoms with E-state index >= 15 is 0 Å². The Hall–Kier alpha value is -2.16. The summed E-state index contributed by atoms with van der Waals surface area (Å²) < 4.78 is 27.8. The molecular weight excluding hydrogens is 436 g/mol. The molecule has 2 aliphatic heterocycles. The van der Waals surface area contributed by atoms with E-state index in [0.717, 1.165) is 36.7 Å². The van der Waals surface area contributed by atoms with Gasteiger partial charge in [0.15, 0.2) is 0 Å². The number of rotatable bonds is 3. The van der Waals surface area contributed by atoms with E-state index in [4.69, 9.17) is 17.0 Å². The zero-order valence-corrected chi connectivity index (χ0v) is 19.1. The predicted octanol–water partition coefficient (Wildman–Crippen LogP) is 3.04. The number of benzene rings is 2. The third-order valence-corrected chi connectivity index (χ3v) is 8.41. The molecule has 2 fully saturated rings. The van der Waals surface area contributed by atoms with Crippen LogP contribution >= 0.6 is 11.6 Å². The van der Waals surface area contributed by atoms with Crippen LogP contribution < -0.4 is 0 Å². The average Bonchev–Trinajstić information content (AvgIpc) is 2.78. The van der Waals surface area contributed by atoms with Crippen LogP contribution in [0.15, 0.2) is 41.3 Å². The van der Waals surface area contributed by atoms with Crippen molar-refractivity contribution in [3.05, 3.63) is 41.4 Å². The number of halogens is 1. The van der Waals surface area contributed by atoms with Gasteiger partial charge in [-0.1, -0.05) is 23.7 Å². The van der Waals surface area contributed by atoms with Gasteiger partial charge in [-0.2, -0.15) is 4.31 Å². The molecule has 0 aliphatic carbocycles. The molecular formula is C22H27ClN4O3S. The molecule has 9 heteroatoms. The lowest BCUT2D eigenvalue weighted by molar-refractivity contribution is -0.138. The van der Waals surface area contributed by atoms with Crippen molar-refractivity contribution in [2.75, 3.05) is 39.3 Å². The monoisotopic (exact) mass is 462 g/mol. The molecule has 2 aromatic rings. The van der Waals surface area contributed by atoms with Gasteiger partial charge in [0.2, 0.25) is 15.9 Å². The SMILES string of the molecule is CC(=N)N1CCC(C(=O)N2CCN(S(=O)(=O)c3ccc4cc(Cl)ccc4c3)CC2)CC1. The van der Waals surface area contributed by atoms with Crippen molar-refractivity contribution in [3.63, 3.8) is 0 Å². The number of amidine groups is 1. The molecule has 4 rings (SSSR count). The summed E-state index contributed by atoms with van der Waals surface area (Å²) in [6.07, 6.45) is 1.49. The van der Waals surface area contributed by atoms with Crippen LogP contribution in [-0.2, 0) is 14.8 Å². The van der Waals surface area contributed by atoms with Gasteiger partial charge in [0, 0.05) is 50.2 Å². The lowest BCUT2D eigenvalue weighted by Crippen LogP contribution is -2.53. The Morgan fingerprint density at radius 3 is 2.19 bits per heavy atom. The average molecular weight is 463 g/mol. The molecule has 7 nitrogen and oxygen atoms in total. The minimum Gasteiger partial charge on any atom is -0.361 e. The van der Waals surface area contributed by atoms with Gasteiger partial charge in [-0.3, -0.25) is 10.2 Å². The first kappa shape index (κ1) is 22.0. The minimum absolute atomic E-state index is 0.0360. The van der Waals surface area contributed by atoms with Crippen molar-refractivity contribution in [1.29, 1.82) is 5.41 Å². The maximum atomic E-state index is 13.1. The van der Waals surface area contributed by atoms with E-state index in [1.54, 1.807) is 36.1 Å². The van der Waals surface area contributed by atoms with Crippen LogP contribution in [0.5, 0.6) is 0 Å². The molecule has 0 atom stereocenters. The van der Waals surface area contributed by atoms with E-state index in [1.807, 2.05) is 17.0 Å². The van der Waals surface area contributed by atoms with Gasteiger partial charge in [0.05, 0.1) is 10.7 Å². The molecule has 1 amide bonds. The summed E-state index contributed by atoms with van der Waals surface area (Å²) in [5.74, 6) is 0.620. The van der Waals surface area contributed by atoms with E-state index in [1.165, 1.54) is 4.31 Å². The van der Waals surface area contributed by atoms with Crippen LogP contribution in [0.2, 0.25) is 5.02 Å². The van der Waals surface area contributed by atoms with Gasteiger partial charge in [-0.25, -0.2) is 8.42 Å². The highest BCUT2D eigenvalue weighted by Gasteiger charge is 2.34. The van der Waals surface area contributed by atoms with Crippen molar-refractivity contribution >= 4 is 44.1 Å². The molecule has 0 radical (unpaired) electrons. The zero-order chi connectivity index (χ0) is 22.2. The summed E-state index contributed by atoms with van der Waals surface area (Å²) >= 11 is 6.02. The smallest absolute Gasteiger partial charge is 0.243 e. The summed E-state index contributed by atoms with van der Waals surface area (Å²) in [5, 5.41) is 10.1. The van der Waals surface area contributed by atoms with Gasteiger partial charge in [-0.05, 0) is 54.8 Å². The number of carbonyl (C=O) groups excluding carboxylic acids is 1. The van der Waals surface area contributed by atoms with Crippen LogP contribution in [0.1, 0.15) is 19.8 Å². The van der Waals surface area contributed by atoms with E-state index in [0.29, 0.717) is 37.0 Å². The normalized spacial score (nSPS) is 19.0. The van der Waals surface area contributed by atoms with Gasteiger partial charge >= 0.3 is 0 Å². The molecule has 0 spiro atoms. The number of fused-ring (bicyclic) bond motifs is 1. The molecule has 2 aromatic carbocycles. The summed E-state index contributed by atoms with van der Waals surface area (Å²) in [4.78, 5) is 17.0. The molecule has 31 heavy (non-hydrogen) atoms. The van der Waals surface area contributed by atoms with E-state index in [9.17, 15) is 13.2 Å². The third kappa shape index (κ3) is 4.56. The fourth-order valence-electron chi connectivity index (χ4n) is 4.37. The van der Waals surface area contributed by atoms with Crippen LogP contribution in [-0.4, -0.2) is 73.5 Å². The number of hydrogen-bond donors (Lipinski definition) is 1. The topological polar surface area (TPSA) is 84.8 Å². The summed E-state index contributed by atoms with van der Waals surface area (Å²) in [6, 6.07) is 10.4. The first-order chi connectivity index (χ1) is 14.8. The Labute approximate surface area is 188 Å². The molecule has 2 heterocycles. The Morgan fingerprint density at radius 2 is 1.55 bits per heavy atom. The van der Waals surface area contributed by atoms with Crippen LogP contribution in [0.25, 0.3) is 10.8 Å². The number of nitrogens with zero attached hydrogens (tertiary/aromatic N) is 3. The van der Waals surface area contributed by atoms with Crippen LogP contribution in [0.4, 0.5) is 0 Å². The Balaban J connectivity index is 1.39. The van der Waals surface area contributed by atoms with E-state index in [2.05, 4.69) is 0 Å². The van der Waals surface area contributed by atoms with Crippen molar-refractivity contribution in [2.45, 2.75) is 24.7 Å². The highest BCUT2D eigenvalue weighted by atomic mass is 35.5. The fourth-order valence-corrected chi connectivity index (χ4v) is 6.01. The lowest BCUT2D eigenvalue weighted by Gasteiger charge is -2.38. The van der Waals surface area contributed by atoms with E-state index < -0.39 is 10.0 Å². The summed E-state index contributed by atoms with van der Waals surface area (Å²) in [7, 11) is -3.62. The first-order valence-corrected chi connectivity index (χ1v) is 12.4. The predicted molar refractivity (Wildman–Crippen MR) is 122 cm³/mol. The minimum atomic E-state index is -3.62. The molecule has 0 bridgehead atoms. The number of piperazine rings is 1. The fraction of sp³-hybridized carbons (Fsp3) is 0.455. The molecule has 166 valence electrons. The van der Waals surface area contributed by atoms with Crippen LogP contribution in [0.3, 0.4) is 0 Å².